The molecule has 0 fully saturated rings. The van der Waals surface area contributed by atoms with E-state index in [-0.39, 0.29) is 6.23 Å². The lowest BCUT2D eigenvalue weighted by atomic mass is 10.2. The van der Waals surface area contributed by atoms with Crippen LogP contribution in [0.4, 0.5) is 0 Å². The second-order valence-corrected chi connectivity index (χ2v) is 5.94. The number of benzene rings is 3. The van der Waals surface area contributed by atoms with E-state index in [9.17, 15) is 0 Å². The van der Waals surface area contributed by atoms with Crippen LogP contribution in [0.1, 0.15) is 13.2 Å². The van der Waals surface area contributed by atoms with Gasteiger partial charge in [-0.15, -0.1) is 0 Å². The molecule has 3 nitrogen and oxygen atoms in total. The molecule has 1 aromatic heterocycles. The van der Waals surface area contributed by atoms with E-state index in [4.69, 9.17) is 9.47 Å². The summed E-state index contributed by atoms with van der Waals surface area (Å²) in [5, 5.41) is 2.48. The number of hydrogen-bond donors (Lipinski definition) is 0. The zero-order chi connectivity index (χ0) is 17.1. The van der Waals surface area contributed by atoms with Gasteiger partial charge in [-0.05, 0) is 31.2 Å². The molecule has 0 saturated heterocycles. The minimum atomic E-state index is -0.185. The molecule has 0 aliphatic heterocycles. The van der Waals surface area contributed by atoms with Crippen molar-refractivity contribution in [1.29, 1.82) is 0 Å². The smallest absolute Gasteiger partial charge is 0.168 e. The van der Waals surface area contributed by atoms with Crippen LogP contribution in [0.3, 0.4) is 0 Å². The van der Waals surface area contributed by atoms with Gasteiger partial charge in [0.1, 0.15) is 12.4 Å². The molecule has 0 amide bonds. The number of hydrogen-bond acceptors (Lipinski definition) is 2. The summed E-state index contributed by atoms with van der Waals surface area (Å²) in [7, 11) is 0. The van der Waals surface area contributed by atoms with Gasteiger partial charge < -0.3 is 14.0 Å². The summed E-state index contributed by atoms with van der Waals surface area (Å²) in [6.45, 7) is 3.10. The SMILES string of the molecule is CCOC(COc1ccccc1)n1c2ccccc2c2ccccc21. The Hall–Kier alpha value is -2.78. The molecule has 4 rings (SSSR count). The normalized spacial score (nSPS) is 12.5. The van der Waals surface area contributed by atoms with Crippen LogP contribution in [0.2, 0.25) is 0 Å². The van der Waals surface area contributed by atoms with Crippen LogP contribution in [-0.4, -0.2) is 17.8 Å². The second kappa shape index (κ2) is 6.99. The molecular weight excluding hydrogens is 310 g/mol. The molecule has 0 saturated carbocycles. The monoisotopic (exact) mass is 331 g/mol. The molecule has 0 aliphatic rings. The van der Waals surface area contributed by atoms with Crippen LogP contribution in [0.5, 0.6) is 5.75 Å². The average molecular weight is 331 g/mol. The first-order chi connectivity index (χ1) is 12.4. The van der Waals surface area contributed by atoms with E-state index in [2.05, 4.69) is 53.1 Å². The lowest BCUT2D eigenvalue weighted by molar-refractivity contribution is -0.0159. The van der Waals surface area contributed by atoms with E-state index in [0.717, 1.165) is 5.75 Å². The molecule has 3 heteroatoms. The average Bonchev–Trinajstić information content (AvgIpc) is 3.01. The van der Waals surface area contributed by atoms with E-state index in [1.54, 1.807) is 0 Å². The Morgan fingerprint density at radius 3 is 1.92 bits per heavy atom. The maximum Gasteiger partial charge on any atom is 0.168 e. The van der Waals surface area contributed by atoms with Gasteiger partial charge in [0, 0.05) is 17.4 Å². The van der Waals surface area contributed by atoms with Crippen molar-refractivity contribution in [2.45, 2.75) is 13.2 Å². The molecule has 0 N–H and O–H groups in total. The minimum Gasteiger partial charge on any atom is -0.489 e. The zero-order valence-electron chi connectivity index (χ0n) is 14.3. The van der Waals surface area contributed by atoms with E-state index in [1.807, 2.05) is 37.3 Å². The standard InChI is InChI=1S/C22H21NO2/c1-2-24-22(16-25-17-10-4-3-5-11-17)23-20-14-8-6-12-18(20)19-13-7-9-15-21(19)23/h3-15,22H,2,16H2,1H3. The quantitative estimate of drug-likeness (QED) is 0.472. The number of ether oxygens (including phenoxy) is 2. The Morgan fingerprint density at radius 2 is 1.32 bits per heavy atom. The molecule has 126 valence electrons. The topological polar surface area (TPSA) is 23.4 Å². The van der Waals surface area contributed by atoms with Gasteiger partial charge >= 0.3 is 0 Å². The van der Waals surface area contributed by atoms with Crippen LogP contribution < -0.4 is 4.74 Å². The molecule has 3 aromatic carbocycles. The fraction of sp³-hybridized carbons (Fsp3) is 0.182. The van der Waals surface area contributed by atoms with Gasteiger partial charge in [0.2, 0.25) is 0 Å². The molecule has 4 aromatic rings. The van der Waals surface area contributed by atoms with Gasteiger partial charge in [-0.2, -0.15) is 0 Å². The number of fused-ring (bicyclic) bond motifs is 3. The van der Waals surface area contributed by atoms with Crippen molar-refractivity contribution < 1.29 is 9.47 Å². The zero-order valence-corrected chi connectivity index (χ0v) is 14.3. The summed E-state index contributed by atoms with van der Waals surface area (Å²) >= 11 is 0. The first-order valence-electron chi connectivity index (χ1n) is 8.65. The Labute approximate surface area is 147 Å². The molecule has 0 radical (unpaired) electrons. The van der Waals surface area contributed by atoms with Crippen molar-refractivity contribution in [3.05, 3.63) is 78.9 Å². The number of rotatable bonds is 6. The van der Waals surface area contributed by atoms with Crippen molar-refractivity contribution in [2.24, 2.45) is 0 Å². The molecule has 0 aliphatic carbocycles. The van der Waals surface area contributed by atoms with Gasteiger partial charge in [0.25, 0.3) is 0 Å². The van der Waals surface area contributed by atoms with Gasteiger partial charge in [-0.1, -0.05) is 54.6 Å². The number of aromatic nitrogens is 1. The fourth-order valence-corrected chi connectivity index (χ4v) is 3.34. The molecule has 0 bridgehead atoms. The van der Waals surface area contributed by atoms with Crippen molar-refractivity contribution in [3.8, 4) is 5.75 Å². The van der Waals surface area contributed by atoms with Crippen molar-refractivity contribution in [1.82, 2.24) is 4.57 Å². The van der Waals surface area contributed by atoms with Gasteiger partial charge in [-0.3, -0.25) is 0 Å². The predicted molar refractivity (Wildman–Crippen MR) is 102 cm³/mol. The van der Waals surface area contributed by atoms with Crippen LogP contribution in [0.25, 0.3) is 21.8 Å². The van der Waals surface area contributed by atoms with Gasteiger partial charge in [-0.25, -0.2) is 0 Å². The van der Waals surface area contributed by atoms with Crippen molar-refractivity contribution in [2.75, 3.05) is 13.2 Å². The van der Waals surface area contributed by atoms with Crippen LogP contribution in [0, 0.1) is 0 Å². The fourth-order valence-electron chi connectivity index (χ4n) is 3.34. The highest BCUT2D eigenvalue weighted by atomic mass is 16.5. The lowest BCUT2D eigenvalue weighted by Crippen LogP contribution is -2.20. The largest absolute Gasteiger partial charge is 0.489 e. The lowest BCUT2D eigenvalue weighted by Gasteiger charge is -2.21. The van der Waals surface area contributed by atoms with Gasteiger partial charge in [0.05, 0.1) is 11.0 Å². The summed E-state index contributed by atoms with van der Waals surface area (Å²) < 4.78 is 14.3. The van der Waals surface area contributed by atoms with E-state index < -0.39 is 0 Å². The number of nitrogens with zero attached hydrogens (tertiary/aromatic N) is 1. The van der Waals surface area contributed by atoms with E-state index in [0.29, 0.717) is 13.2 Å². The van der Waals surface area contributed by atoms with Gasteiger partial charge in [0.15, 0.2) is 6.23 Å². The van der Waals surface area contributed by atoms with E-state index >= 15 is 0 Å². The van der Waals surface area contributed by atoms with Crippen LogP contribution >= 0.6 is 0 Å². The highest BCUT2D eigenvalue weighted by Crippen LogP contribution is 2.32. The molecule has 1 atom stereocenters. The van der Waals surface area contributed by atoms with Crippen molar-refractivity contribution >= 4 is 21.8 Å². The highest BCUT2D eigenvalue weighted by molar-refractivity contribution is 6.08. The minimum absolute atomic E-state index is 0.185. The second-order valence-electron chi connectivity index (χ2n) is 5.94. The Kier molecular flexibility index (Phi) is 4.40. The first-order valence-corrected chi connectivity index (χ1v) is 8.65. The van der Waals surface area contributed by atoms with Crippen molar-refractivity contribution in [3.63, 3.8) is 0 Å². The first kappa shape index (κ1) is 15.7. The summed E-state index contributed by atoms with van der Waals surface area (Å²) in [5.41, 5.74) is 2.33. The molecule has 1 unspecified atom stereocenters. The summed E-state index contributed by atoms with van der Waals surface area (Å²) in [4.78, 5) is 0. The summed E-state index contributed by atoms with van der Waals surface area (Å²) in [6, 6.07) is 26.8. The summed E-state index contributed by atoms with van der Waals surface area (Å²) in [6.07, 6.45) is -0.185. The molecule has 1 heterocycles. The van der Waals surface area contributed by atoms with Crippen LogP contribution in [-0.2, 0) is 4.74 Å². The third-order valence-electron chi connectivity index (χ3n) is 4.40. The Bertz CT molecular complexity index is 922. The highest BCUT2D eigenvalue weighted by Gasteiger charge is 2.19. The summed E-state index contributed by atoms with van der Waals surface area (Å²) in [5.74, 6) is 0.855. The number of para-hydroxylation sites is 3. The third kappa shape index (κ3) is 2.99. The third-order valence-corrected chi connectivity index (χ3v) is 4.40. The van der Waals surface area contributed by atoms with E-state index in [1.165, 1.54) is 21.8 Å². The Morgan fingerprint density at radius 1 is 0.760 bits per heavy atom. The maximum atomic E-state index is 6.06. The maximum absolute atomic E-state index is 6.06. The molecule has 25 heavy (non-hydrogen) atoms. The molecular formula is C22H21NO2. The predicted octanol–water partition coefficient (Wildman–Crippen LogP) is 5.41. The molecule has 0 spiro atoms. The Balaban J connectivity index is 1.78. The van der Waals surface area contributed by atoms with Crippen LogP contribution in [0.15, 0.2) is 78.9 Å².